The van der Waals surface area contributed by atoms with E-state index in [1.807, 2.05) is 48.8 Å². The molecule has 1 aromatic heterocycles. The number of unbranched alkanes of at least 4 members (excludes halogenated alkanes) is 2. The van der Waals surface area contributed by atoms with Gasteiger partial charge in [0.1, 0.15) is 0 Å². The molecule has 0 saturated heterocycles. The zero-order valence-electron chi connectivity index (χ0n) is 18.8. The highest BCUT2D eigenvalue weighted by molar-refractivity contribution is 5.90. The van der Waals surface area contributed by atoms with E-state index in [4.69, 9.17) is 4.74 Å². The van der Waals surface area contributed by atoms with Crippen LogP contribution >= 0.6 is 0 Å². The van der Waals surface area contributed by atoms with E-state index in [9.17, 15) is 4.79 Å². The van der Waals surface area contributed by atoms with Crippen molar-refractivity contribution in [2.24, 2.45) is 5.92 Å². The van der Waals surface area contributed by atoms with Crippen molar-refractivity contribution >= 4 is 5.97 Å². The molecule has 0 spiro atoms. The Balaban J connectivity index is 1.62. The van der Waals surface area contributed by atoms with E-state index in [0.29, 0.717) is 18.1 Å². The van der Waals surface area contributed by atoms with Crippen molar-refractivity contribution in [3.8, 4) is 22.5 Å². The Kier molecular flexibility index (Phi) is 8.34. The second-order valence-electron chi connectivity index (χ2n) is 8.14. The van der Waals surface area contributed by atoms with Crippen molar-refractivity contribution in [1.82, 2.24) is 9.97 Å². The van der Waals surface area contributed by atoms with Crippen molar-refractivity contribution in [1.29, 1.82) is 0 Å². The van der Waals surface area contributed by atoms with Crippen LogP contribution in [0.15, 0.2) is 60.9 Å². The van der Waals surface area contributed by atoms with E-state index < -0.39 is 0 Å². The molecule has 0 bridgehead atoms. The summed E-state index contributed by atoms with van der Waals surface area (Å²) < 4.78 is 5.37. The lowest BCUT2D eigenvalue weighted by molar-refractivity contribution is 0.0447. The molecular weight excluding hydrogens is 384 g/mol. The predicted molar refractivity (Wildman–Crippen MR) is 126 cm³/mol. The van der Waals surface area contributed by atoms with E-state index in [-0.39, 0.29) is 5.97 Å². The number of rotatable bonds is 10. The molecule has 3 aromatic rings. The maximum atomic E-state index is 12.2. The quantitative estimate of drug-likeness (QED) is 0.271. The van der Waals surface area contributed by atoms with Crippen LogP contribution in [0, 0.1) is 5.92 Å². The fourth-order valence-electron chi connectivity index (χ4n) is 3.24. The van der Waals surface area contributed by atoms with Crippen LogP contribution in [0.3, 0.4) is 0 Å². The van der Waals surface area contributed by atoms with Gasteiger partial charge in [0.05, 0.1) is 12.2 Å². The second kappa shape index (κ2) is 11.4. The Bertz CT molecular complexity index is 948. The Hall–Kier alpha value is -3.01. The van der Waals surface area contributed by atoms with Gasteiger partial charge in [0.15, 0.2) is 5.82 Å². The fourth-order valence-corrected chi connectivity index (χ4v) is 3.24. The first kappa shape index (κ1) is 22.7. The molecule has 0 aliphatic carbocycles. The van der Waals surface area contributed by atoms with Crippen LogP contribution in [0.5, 0.6) is 0 Å². The lowest BCUT2D eigenvalue weighted by atomic mass is 10.0. The monoisotopic (exact) mass is 416 g/mol. The highest BCUT2D eigenvalue weighted by Gasteiger charge is 2.10. The molecule has 0 fully saturated rings. The second-order valence-corrected chi connectivity index (χ2v) is 8.14. The summed E-state index contributed by atoms with van der Waals surface area (Å²) in [5, 5.41) is 0. The standard InChI is InChI=1S/C27H32N2O2/c1-4-6-7-8-21-17-28-26(29-18-21)24-13-9-22(10-14-24)23-11-15-25(16-12-23)27(30)31-19-20(3)5-2/h9-18,20H,4-8,19H2,1-3H3/t20-/m0/s1. The van der Waals surface area contributed by atoms with Gasteiger partial charge in [0, 0.05) is 18.0 Å². The number of nitrogens with zero attached hydrogens (tertiary/aromatic N) is 2. The van der Waals surface area contributed by atoms with E-state index in [2.05, 4.69) is 42.9 Å². The van der Waals surface area contributed by atoms with Gasteiger partial charge >= 0.3 is 5.97 Å². The Morgan fingerprint density at radius 2 is 1.45 bits per heavy atom. The Morgan fingerprint density at radius 3 is 2.03 bits per heavy atom. The molecule has 0 radical (unpaired) electrons. The van der Waals surface area contributed by atoms with Crippen LogP contribution in [0.4, 0.5) is 0 Å². The van der Waals surface area contributed by atoms with Crippen LogP contribution in [-0.4, -0.2) is 22.5 Å². The number of carbonyl (C=O) groups excluding carboxylic acids is 1. The first-order valence-corrected chi connectivity index (χ1v) is 11.3. The molecule has 0 N–H and O–H groups in total. The molecule has 0 unspecified atom stereocenters. The minimum absolute atomic E-state index is 0.266. The van der Waals surface area contributed by atoms with Crippen molar-refractivity contribution in [3.63, 3.8) is 0 Å². The van der Waals surface area contributed by atoms with Gasteiger partial charge in [-0.05, 0) is 47.6 Å². The molecule has 0 aliphatic heterocycles. The number of esters is 1. The van der Waals surface area contributed by atoms with Gasteiger partial charge in [-0.1, -0.05) is 76.4 Å². The highest BCUT2D eigenvalue weighted by Crippen LogP contribution is 2.24. The summed E-state index contributed by atoms with van der Waals surface area (Å²) >= 11 is 0. The Labute approximate surface area is 185 Å². The van der Waals surface area contributed by atoms with Gasteiger partial charge in [-0.25, -0.2) is 14.8 Å². The van der Waals surface area contributed by atoms with Gasteiger partial charge in [-0.3, -0.25) is 0 Å². The smallest absolute Gasteiger partial charge is 0.338 e. The average molecular weight is 417 g/mol. The summed E-state index contributed by atoms with van der Waals surface area (Å²) in [6.07, 6.45) is 9.54. The minimum atomic E-state index is -0.266. The molecule has 2 aromatic carbocycles. The number of ether oxygens (including phenoxy) is 1. The molecule has 31 heavy (non-hydrogen) atoms. The van der Waals surface area contributed by atoms with Gasteiger partial charge < -0.3 is 4.74 Å². The predicted octanol–water partition coefficient (Wildman–Crippen LogP) is 6.75. The van der Waals surface area contributed by atoms with E-state index in [0.717, 1.165) is 35.4 Å². The third-order valence-corrected chi connectivity index (χ3v) is 5.57. The zero-order chi connectivity index (χ0) is 22.1. The summed E-state index contributed by atoms with van der Waals surface area (Å²) in [5.74, 6) is 0.852. The summed E-state index contributed by atoms with van der Waals surface area (Å²) in [7, 11) is 0. The number of carbonyl (C=O) groups is 1. The largest absolute Gasteiger partial charge is 0.462 e. The molecule has 0 aliphatic rings. The van der Waals surface area contributed by atoms with Crippen molar-refractivity contribution in [2.45, 2.75) is 52.9 Å². The van der Waals surface area contributed by atoms with Crippen LogP contribution in [-0.2, 0) is 11.2 Å². The maximum absolute atomic E-state index is 12.2. The molecule has 0 amide bonds. The number of hydrogen-bond acceptors (Lipinski definition) is 4. The molecular formula is C27H32N2O2. The molecule has 0 saturated carbocycles. The molecule has 4 nitrogen and oxygen atoms in total. The topological polar surface area (TPSA) is 52.1 Å². The first-order chi connectivity index (χ1) is 15.1. The molecule has 162 valence electrons. The number of aromatic nitrogens is 2. The van der Waals surface area contributed by atoms with Crippen molar-refractivity contribution in [3.05, 3.63) is 72.1 Å². The normalized spacial score (nSPS) is 11.8. The van der Waals surface area contributed by atoms with Crippen molar-refractivity contribution < 1.29 is 9.53 Å². The molecule has 1 atom stereocenters. The lowest BCUT2D eigenvalue weighted by Crippen LogP contribution is -2.11. The van der Waals surface area contributed by atoms with Crippen LogP contribution in [0.2, 0.25) is 0 Å². The van der Waals surface area contributed by atoms with Gasteiger partial charge in [-0.2, -0.15) is 0 Å². The zero-order valence-corrected chi connectivity index (χ0v) is 18.8. The summed E-state index contributed by atoms with van der Waals surface area (Å²) in [6, 6.07) is 15.7. The third-order valence-electron chi connectivity index (χ3n) is 5.57. The molecule has 1 heterocycles. The summed E-state index contributed by atoms with van der Waals surface area (Å²) in [6.45, 7) is 6.84. The first-order valence-electron chi connectivity index (χ1n) is 11.3. The van der Waals surface area contributed by atoms with Crippen LogP contribution in [0.1, 0.15) is 62.4 Å². The van der Waals surface area contributed by atoms with Crippen molar-refractivity contribution in [2.75, 3.05) is 6.61 Å². The average Bonchev–Trinajstić information content (AvgIpc) is 2.83. The Morgan fingerprint density at radius 1 is 0.871 bits per heavy atom. The van der Waals surface area contributed by atoms with Crippen LogP contribution in [0.25, 0.3) is 22.5 Å². The van der Waals surface area contributed by atoms with Crippen LogP contribution < -0.4 is 0 Å². The number of benzene rings is 2. The van der Waals surface area contributed by atoms with Gasteiger partial charge in [-0.15, -0.1) is 0 Å². The lowest BCUT2D eigenvalue weighted by Gasteiger charge is -2.10. The maximum Gasteiger partial charge on any atom is 0.338 e. The minimum Gasteiger partial charge on any atom is -0.462 e. The SMILES string of the molecule is CCCCCc1cnc(-c2ccc(-c3ccc(C(=O)OC[C@@H](C)CC)cc3)cc2)nc1. The molecule has 3 rings (SSSR count). The molecule has 4 heteroatoms. The van der Waals surface area contributed by atoms with E-state index in [1.54, 1.807) is 0 Å². The summed E-state index contributed by atoms with van der Waals surface area (Å²) in [5.41, 5.74) is 4.90. The van der Waals surface area contributed by atoms with E-state index in [1.165, 1.54) is 24.8 Å². The highest BCUT2D eigenvalue weighted by atomic mass is 16.5. The van der Waals surface area contributed by atoms with E-state index >= 15 is 0 Å². The number of aryl methyl sites for hydroxylation is 1. The summed E-state index contributed by atoms with van der Waals surface area (Å²) in [4.78, 5) is 21.2. The third kappa shape index (κ3) is 6.48. The van der Waals surface area contributed by atoms with Gasteiger partial charge in [0.25, 0.3) is 0 Å². The number of hydrogen-bond donors (Lipinski definition) is 0. The van der Waals surface area contributed by atoms with Gasteiger partial charge in [0.2, 0.25) is 0 Å². The fraction of sp³-hybridized carbons (Fsp3) is 0.370.